The van der Waals surface area contributed by atoms with Crippen molar-refractivity contribution in [1.29, 1.82) is 0 Å². The van der Waals surface area contributed by atoms with Crippen molar-refractivity contribution in [3.63, 3.8) is 0 Å². The van der Waals surface area contributed by atoms with Crippen molar-refractivity contribution in [2.45, 2.75) is 32.4 Å². The molecule has 0 saturated carbocycles. The molecule has 5 nitrogen and oxygen atoms in total. The minimum atomic E-state index is -0.0389. The summed E-state index contributed by atoms with van der Waals surface area (Å²) in [5.74, 6) is 0. The van der Waals surface area contributed by atoms with E-state index in [1.165, 1.54) is 0 Å². The largest absolute Gasteiger partial charge is 0.390 e. The number of unbranched alkanes of at least 4 members (excludes halogenated alkanes) is 2. The van der Waals surface area contributed by atoms with Gasteiger partial charge in [0.05, 0.1) is 12.8 Å². The van der Waals surface area contributed by atoms with Gasteiger partial charge in [0.15, 0.2) is 0 Å². The summed E-state index contributed by atoms with van der Waals surface area (Å²) in [6, 6.07) is 0. The van der Waals surface area contributed by atoms with E-state index in [0.717, 1.165) is 32.4 Å². The zero-order chi connectivity index (χ0) is 9.52. The van der Waals surface area contributed by atoms with Crippen LogP contribution in [0.5, 0.6) is 0 Å². The van der Waals surface area contributed by atoms with Crippen LogP contribution in [0.3, 0.4) is 0 Å². The molecule has 13 heavy (non-hydrogen) atoms. The fourth-order valence-electron chi connectivity index (χ4n) is 1.12. The first-order chi connectivity index (χ1) is 6.36. The Hall–Kier alpha value is -0.940. The number of aryl methyl sites for hydroxylation is 1. The summed E-state index contributed by atoms with van der Waals surface area (Å²) < 4.78 is 1.75. The van der Waals surface area contributed by atoms with Crippen molar-refractivity contribution in [3.05, 3.63) is 11.9 Å². The van der Waals surface area contributed by atoms with Crippen LogP contribution in [-0.2, 0) is 13.2 Å². The number of hydrogen-bond acceptors (Lipinski definition) is 4. The minimum absolute atomic E-state index is 0.0389. The fourth-order valence-corrected chi connectivity index (χ4v) is 1.12. The predicted molar refractivity (Wildman–Crippen MR) is 48.9 cm³/mol. The molecule has 0 saturated heterocycles. The van der Waals surface area contributed by atoms with Crippen molar-refractivity contribution in [2.75, 3.05) is 6.54 Å². The van der Waals surface area contributed by atoms with Gasteiger partial charge >= 0.3 is 0 Å². The highest BCUT2D eigenvalue weighted by Gasteiger charge is 1.97. The molecule has 0 atom stereocenters. The standard InChI is InChI=1S/C8H16N4O/c9-4-2-1-3-5-12-6-8(7-13)10-11-12/h6,13H,1-5,7,9H2. The van der Waals surface area contributed by atoms with E-state index in [4.69, 9.17) is 10.8 Å². The molecule has 0 aliphatic rings. The molecule has 0 aliphatic carbocycles. The molecule has 0 bridgehead atoms. The number of aromatic nitrogens is 3. The van der Waals surface area contributed by atoms with E-state index in [-0.39, 0.29) is 6.61 Å². The highest BCUT2D eigenvalue weighted by molar-refractivity contribution is 4.88. The monoisotopic (exact) mass is 184 g/mol. The predicted octanol–water partition coefficient (Wildman–Crippen LogP) is -0.101. The second kappa shape index (κ2) is 5.66. The zero-order valence-corrected chi connectivity index (χ0v) is 7.69. The summed E-state index contributed by atoms with van der Waals surface area (Å²) in [6.07, 6.45) is 5.00. The van der Waals surface area contributed by atoms with Crippen LogP contribution >= 0.6 is 0 Å². The molecule has 0 unspecified atom stereocenters. The summed E-state index contributed by atoms with van der Waals surface area (Å²) in [5.41, 5.74) is 5.99. The fraction of sp³-hybridized carbons (Fsp3) is 0.750. The van der Waals surface area contributed by atoms with E-state index in [1.54, 1.807) is 10.9 Å². The Morgan fingerprint density at radius 1 is 1.38 bits per heavy atom. The molecule has 0 spiro atoms. The summed E-state index contributed by atoms with van der Waals surface area (Å²) in [7, 11) is 0. The van der Waals surface area contributed by atoms with Gasteiger partial charge in [-0.2, -0.15) is 0 Å². The van der Waals surface area contributed by atoms with Crippen molar-refractivity contribution in [3.8, 4) is 0 Å². The average molecular weight is 184 g/mol. The smallest absolute Gasteiger partial charge is 0.108 e. The Labute approximate surface area is 77.6 Å². The quantitative estimate of drug-likeness (QED) is 0.605. The molecule has 0 fully saturated rings. The first-order valence-electron chi connectivity index (χ1n) is 4.56. The van der Waals surface area contributed by atoms with Crippen molar-refractivity contribution >= 4 is 0 Å². The SMILES string of the molecule is NCCCCCn1cc(CO)nn1. The van der Waals surface area contributed by atoms with Gasteiger partial charge in [0.1, 0.15) is 5.69 Å². The van der Waals surface area contributed by atoms with E-state index in [2.05, 4.69) is 10.3 Å². The molecule has 1 aromatic rings. The lowest BCUT2D eigenvalue weighted by molar-refractivity contribution is 0.276. The number of nitrogens with two attached hydrogens (primary N) is 1. The zero-order valence-electron chi connectivity index (χ0n) is 7.69. The Bertz CT molecular complexity index is 236. The molecule has 5 heteroatoms. The van der Waals surface area contributed by atoms with Crippen LogP contribution in [-0.4, -0.2) is 26.6 Å². The number of aliphatic hydroxyl groups is 1. The van der Waals surface area contributed by atoms with E-state index < -0.39 is 0 Å². The molecule has 0 radical (unpaired) electrons. The first-order valence-corrected chi connectivity index (χ1v) is 4.56. The third-order valence-electron chi connectivity index (χ3n) is 1.84. The van der Waals surface area contributed by atoms with Gasteiger partial charge in [0.2, 0.25) is 0 Å². The third kappa shape index (κ3) is 3.52. The molecule has 74 valence electrons. The Balaban J connectivity index is 2.20. The maximum atomic E-state index is 8.73. The van der Waals surface area contributed by atoms with Crippen LogP contribution in [0.2, 0.25) is 0 Å². The van der Waals surface area contributed by atoms with E-state index in [0.29, 0.717) is 5.69 Å². The van der Waals surface area contributed by atoms with E-state index in [9.17, 15) is 0 Å². The molecule has 3 N–H and O–H groups in total. The number of rotatable bonds is 6. The highest BCUT2D eigenvalue weighted by Crippen LogP contribution is 1.98. The van der Waals surface area contributed by atoms with Gasteiger partial charge < -0.3 is 10.8 Å². The van der Waals surface area contributed by atoms with Crippen LogP contribution in [0.1, 0.15) is 25.0 Å². The van der Waals surface area contributed by atoms with Gasteiger partial charge in [-0.25, -0.2) is 0 Å². The van der Waals surface area contributed by atoms with E-state index in [1.807, 2.05) is 0 Å². The van der Waals surface area contributed by atoms with Crippen LogP contribution in [0.15, 0.2) is 6.20 Å². The number of nitrogens with zero attached hydrogens (tertiary/aromatic N) is 3. The van der Waals surface area contributed by atoms with Crippen LogP contribution in [0, 0.1) is 0 Å². The average Bonchev–Trinajstić information content (AvgIpc) is 2.60. The molecule has 1 aromatic heterocycles. The number of hydrogen-bond donors (Lipinski definition) is 2. The summed E-state index contributed by atoms with van der Waals surface area (Å²) in [5, 5.41) is 16.4. The lowest BCUT2D eigenvalue weighted by atomic mass is 10.2. The van der Waals surface area contributed by atoms with Gasteiger partial charge in [-0.3, -0.25) is 4.68 Å². The Morgan fingerprint density at radius 3 is 2.85 bits per heavy atom. The van der Waals surface area contributed by atoms with Gasteiger partial charge in [0, 0.05) is 6.54 Å². The molecule has 0 aliphatic heterocycles. The van der Waals surface area contributed by atoms with Gasteiger partial charge in [-0.05, 0) is 19.4 Å². The van der Waals surface area contributed by atoms with Crippen molar-refractivity contribution in [1.82, 2.24) is 15.0 Å². The molecule has 0 amide bonds. The molecule has 0 aromatic carbocycles. The summed E-state index contributed by atoms with van der Waals surface area (Å²) in [6.45, 7) is 1.56. The Morgan fingerprint density at radius 2 is 2.23 bits per heavy atom. The van der Waals surface area contributed by atoms with Crippen LogP contribution in [0.25, 0.3) is 0 Å². The topological polar surface area (TPSA) is 77.0 Å². The second-order valence-electron chi connectivity index (χ2n) is 2.98. The lowest BCUT2D eigenvalue weighted by Gasteiger charge is -1.98. The van der Waals surface area contributed by atoms with Crippen molar-refractivity contribution < 1.29 is 5.11 Å². The molecular formula is C8H16N4O. The van der Waals surface area contributed by atoms with Gasteiger partial charge in [-0.15, -0.1) is 5.10 Å². The van der Waals surface area contributed by atoms with Gasteiger partial charge in [0.25, 0.3) is 0 Å². The molecule has 1 rings (SSSR count). The maximum absolute atomic E-state index is 8.73. The second-order valence-corrected chi connectivity index (χ2v) is 2.98. The lowest BCUT2D eigenvalue weighted by Crippen LogP contribution is -2.02. The summed E-state index contributed by atoms with van der Waals surface area (Å²) >= 11 is 0. The summed E-state index contributed by atoms with van der Waals surface area (Å²) in [4.78, 5) is 0. The minimum Gasteiger partial charge on any atom is -0.390 e. The van der Waals surface area contributed by atoms with E-state index >= 15 is 0 Å². The van der Waals surface area contributed by atoms with Crippen molar-refractivity contribution in [2.24, 2.45) is 5.73 Å². The highest BCUT2D eigenvalue weighted by atomic mass is 16.3. The number of aliphatic hydroxyl groups excluding tert-OH is 1. The van der Waals surface area contributed by atoms with Crippen LogP contribution in [0.4, 0.5) is 0 Å². The maximum Gasteiger partial charge on any atom is 0.108 e. The normalized spacial score (nSPS) is 10.6. The molecule has 1 heterocycles. The van der Waals surface area contributed by atoms with Gasteiger partial charge in [-0.1, -0.05) is 11.6 Å². The third-order valence-corrected chi connectivity index (χ3v) is 1.84. The Kier molecular flexibility index (Phi) is 4.42. The van der Waals surface area contributed by atoms with Crippen LogP contribution < -0.4 is 5.73 Å². The molecular weight excluding hydrogens is 168 g/mol. The first kappa shape index (κ1) is 10.1.